The molecule has 0 aromatic carbocycles. The average Bonchev–Trinajstić information content (AvgIpc) is 2.22. The van der Waals surface area contributed by atoms with E-state index in [4.69, 9.17) is 0 Å². The molecule has 0 aliphatic rings. The molecule has 1 atom stereocenters. The molecule has 0 amide bonds. The molecule has 0 aromatic heterocycles. The van der Waals surface area contributed by atoms with Crippen LogP contribution < -0.4 is 0 Å². The first-order valence-corrected chi connectivity index (χ1v) is 5.99. The third-order valence-corrected chi connectivity index (χ3v) is 2.64. The summed E-state index contributed by atoms with van der Waals surface area (Å²) in [4.78, 5) is 13.2. The van der Waals surface area contributed by atoms with Crippen molar-refractivity contribution in [1.29, 1.82) is 0 Å². The molecule has 0 saturated heterocycles. The van der Waals surface area contributed by atoms with Crippen LogP contribution in [0.5, 0.6) is 0 Å². The van der Waals surface area contributed by atoms with E-state index in [9.17, 15) is 4.79 Å². The zero-order valence-corrected chi connectivity index (χ0v) is 9.96. The number of unbranched alkanes of at least 4 members (excludes halogenated alkanes) is 2. The van der Waals surface area contributed by atoms with Gasteiger partial charge in [-0.3, -0.25) is 4.90 Å². The molecule has 84 valence electrons. The molecule has 0 N–H and O–H groups in total. The Morgan fingerprint density at radius 2 is 1.57 bits per heavy atom. The van der Waals surface area contributed by atoms with Crippen LogP contribution in [0.4, 0.5) is 0 Å². The lowest BCUT2D eigenvalue weighted by Gasteiger charge is -2.26. The molecule has 0 bridgehead atoms. The number of hydrogen-bond acceptors (Lipinski definition) is 2. The summed E-state index contributed by atoms with van der Waals surface area (Å²) >= 11 is 0. The van der Waals surface area contributed by atoms with Gasteiger partial charge < -0.3 is 4.79 Å². The third kappa shape index (κ3) is 5.38. The van der Waals surface area contributed by atoms with Gasteiger partial charge in [-0.25, -0.2) is 0 Å². The van der Waals surface area contributed by atoms with Gasteiger partial charge in [-0.15, -0.1) is 0 Å². The van der Waals surface area contributed by atoms with E-state index in [1.165, 1.54) is 25.7 Å². The van der Waals surface area contributed by atoms with E-state index in [0.717, 1.165) is 25.8 Å². The van der Waals surface area contributed by atoms with E-state index >= 15 is 0 Å². The summed E-state index contributed by atoms with van der Waals surface area (Å²) < 4.78 is 0. The Morgan fingerprint density at radius 3 is 1.86 bits per heavy atom. The number of rotatable bonds is 9. The summed E-state index contributed by atoms with van der Waals surface area (Å²) in [6.45, 7) is 8.63. The van der Waals surface area contributed by atoms with E-state index in [2.05, 4.69) is 25.7 Å². The monoisotopic (exact) mass is 199 g/mol. The normalized spacial score (nSPS) is 13.1. The molecule has 0 aliphatic heterocycles. The highest BCUT2D eigenvalue weighted by Gasteiger charge is 2.14. The highest BCUT2D eigenvalue weighted by Crippen LogP contribution is 2.06. The van der Waals surface area contributed by atoms with E-state index in [1.807, 2.05) is 0 Å². The maximum atomic E-state index is 10.9. The molecule has 0 spiro atoms. The number of nitrogens with zero attached hydrogens (tertiary/aromatic N) is 1. The van der Waals surface area contributed by atoms with Crippen LogP contribution in [0, 0.1) is 0 Å². The van der Waals surface area contributed by atoms with Crippen molar-refractivity contribution < 1.29 is 4.79 Å². The molecule has 0 heterocycles. The Morgan fingerprint density at radius 1 is 1.07 bits per heavy atom. The molecule has 2 heteroatoms. The molecule has 0 aromatic rings. The fraction of sp³-hybridized carbons (Fsp3) is 0.917. The van der Waals surface area contributed by atoms with Crippen LogP contribution in [-0.4, -0.2) is 30.3 Å². The van der Waals surface area contributed by atoms with Gasteiger partial charge in [0.05, 0.1) is 6.04 Å². The molecule has 14 heavy (non-hydrogen) atoms. The Labute approximate surface area is 88.7 Å². The van der Waals surface area contributed by atoms with Gasteiger partial charge >= 0.3 is 0 Å². The van der Waals surface area contributed by atoms with Crippen LogP contribution in [0.3, 0.4) is 0 Å². The lowest BCUT2D eigenvalue weighted by Crippen LogP contribution is -2.37. The summed E-state index contributed by atoms with van der Waals surface area (Å²) in [5.41, 5.74) is 0. The van der Waals surface area contributed by atoms with Crippen molar-refractivity contribution in [2.75, 3.05) is 13.1 Å². The van der Waals surface area contributed by atoms with Gasteiger partial charge in [0, 0.05) is 0 Å². The molecular formula is C12H25NO. The van der Waals surface area contributed by atoms with Gasteiger partial charge in [-0.2, -0.15) is 0 Å². The van der Waals surface area contributed by atoms with Gasteiger partial charge in [0.25, 0.3) is 0 Å². The van der Waals surface area contributed by atoms with Crippen LogP contribution in [0.1, 0.15) is 52.9 Å². The minimum Gasteiger partial charge on any atom is -0.302 e. The van der Waals surface area contributed by atoms with Gasteiger partial charge in [0.15, 0.2) is 0 Å². The fourth-order valence-corrected chi connectivity index (χ4v) is 1.61. The van der Waals surface area contributed by atoms with E-state index in [-0.39, 0.29) is 6.04 Å². The zero-order chi connectivity index (χ0) is 10.8. The van der Waals surface area contributed by atoms with E-state index in [0.29, 0.717) is 0 Å². The van der Waals surface area contributed by atoms with E-state index < -0.39 is 0 Å². The second-order valence-corrected chi connectivity index (χ2v) is 3.85. The minimum absolute atomic E-state index is 0.146. The second kappa shape index (κ2) is 9.20. The second-order valence-electron chi connectivity index (χ2n) is 3.85. The maximum absolute atomic E-state index is 10.9. The summed E-state index contributed by atoms with van der Waals surface area (Å²) in [7, 11) is 0. The molecule has 0 radical (unpaired) electrons. The molecule has 0 rings (SSSR count). The number of hydrogen-bond donors (Lipinski definition) is 0. The Kier molecular flexibility index (Phi) is 8.95. The number of aldehydes is 1. The van der Waals surface area contributed by atoms with Gasteiger partial charge in [0.2, 0.25) is 0 Å². The Bertz CT molecular complexity index is 128. The highest BCUT2D eigenvalue weighted by atomic mass is 16.1. The molecule has 2 nitrogen and oxygen atoms in total. The van der Waals surface area contributed by atoms with Crippen LogP contribution >= 0.6 is 0 Å². The summed E-state index contributed by atoms with van der Waals surface area (Å²) in [5.74, 6) is 0. The predicted octanol–water partition coefficient (Wildman–Crippen LogP) is 2.87. The van der Waals surface area contributed by atoms with Gasteiger partial charge in [-0.1, -0.05) is 33.6 Å². The van der Waals surface area contributed by atoms with Crippen molar-refractivity contribution in [3.63, 3.8) is 0 Å². The van der Waals surface area contributed by atoms with Crippen molar-refractivity contribution in [3.05, 3.63) is 0 Å². The molecule has 0 aliphatic carbocycles. The lowest BCUT2D eigenvalue weighted by atomic mass is 10.1. The van der Waals surface area contributed by atoms with Crippen LogP contribution in [0.25, 0.3) is 0 Å². The summed E-state index contributed by atoms with van der Waals surface area (Å²) in [6.07, 6.45) is 6.86. The highest BCUT2D eigenvalue weighted by molar-refractivity contribution is 5.57. The quantitative estimate of drug-likeness (QED) is 0.532. The first-order chi connectivity index (χ1) is 6.79. The van der Waals surface area contributed by atoms with Crippen molar-refractivity contribution in [3.8, 4) is 0 Å². The van der Waals surface area contributed by atoms with E-state index in [1.54, 1.807) is 0 Å². The van der Waals surface area contributed by atoms with Crippen molar-refractivity contribution >= 4 is 6.29 Å². The smallest absolute Gasteiger partial charge is 0.137 e. The SMILES string of the molecule is CCCCN(CCCC)C(C=O)CC. The van der Waals surface area contributed by atoms with Crippen LogP contribution in [-0.2, 0) is 4.79 Å². The minimum atomic E-state index is 0.146. The topological polar surface area (TPSA) is 20.3 Å². The Hall–Kier alpha value is -0.370. The lowest BCUT2D eigenvalue weighted by molar-refractivity contribution is -0.112. The van der Waals surface area contributed by atoms with Crippen molar-refractivity contribution in [2.45, 2.75) is 58.9 Å². The molecule has 0 fully saturated rings. The first kappa shape index (κ1) is 13.6. The first-order valence-electron chi connectivity index (χ1n) is 5.99. The summed E-state index contributed by atoms with van der Waals surface area (Å²) in [5, 5.41) is 0. The number of carbonyl (C=O) groups is 1. The van der Waals surface area contributed by atoms with Crippen LogP contribution in [0.15, 0.2) is 0 Å². The van der Waals surface area contributed by atoms with Gasteiger partial charge in [0.1, 0.15) is 6.29 Å². The maximum Gasteiger partial charge on any atom is 0.137 e. The van der Waals surface area contributed by atoms with Gasteiger partial charge in [-0.05, 0) is 32.4 Å². The largest absolute Gasteiger partial charge is 0.302 e. The van der Waals surface area contributed by atoms with Crippen molar-refractivity contribution in [2.24, 2.45) is 0 Å². The predicted molar refractivity (Wildman–Crippen MR) is 61.5 cm³/mol. The van der Waals surface area contributed by atoms with Crippen LogP contribution in [0.2, 0.25) is 0 Å². The average molecular weight is 199 g/mol. The molecular weight excluding hydrogens is 174 g/mol. The fourth-order valence-electron chi connectivity index (χ4n) is 1.61. The standard InChI is InChI=1S/C12H25NO/c1-4-7-9-13(10-8-5-2)12(6-3)11-14/h11-12H,4-10H2,1-3H3. The molecule has 0 saturated carbocycles. The molecule has 1 unspecified atom stereocenters. The Balaban J connectivity index is 3.98. The summed E-state index contributed by atoms with van der Waals surface area (Å²) in [6, 6.07) is 0.146. The number of carbonyl (C=O) groups excluding carboxylic acids is 1. The third-order valence-electron chi connectivity index (χ3n) is 2.64. The van der Waals surface area contributed by atoms with Crippen molar-refractivity contribution in [1.82, 2.24) is 4.90 Å². The zero-order valence-electron chi connectivity index (χ0n) is 9.96.